The maximum absolute atomic E-state index is 10.3. The number of aliphatic hydroxyl groups excluding tert-OH is 1. The van der Waals surface area contributed by atoms with Gasteiger partial charge in [-0.2, -0.15) is 0 Å². The first kappa shape index (κ1) is 32.9. The lowest BCUT2D eigenvalue weighted by molar-refractivity contribution is -0.305. The van der Waals surface area contributed by atoms with Gasteiger partial charge in [-0.3, -0.25) is 0 Å². The highest BCUT2D eigenvalue weighted by Crippen LogP contribution is 2.12. The number of allylic oxidation sites excluding steroid dienone is 10. The number of rotatable bonds is 24. The molecule has 0 aromatic heterocycles. The summed E-state index contributed by atoms with van der Waals surface area (Å²) in [4.78, 5) is 10.3. The molecule has 0 aromatic rings. The summed E-state index contributed by atoms with van der Waals surface area (Å²) < 4.78 is 0. The quantitative estimate of drug-likeness (QED) is 0.0857. The fraction of sp³-hybridized carbons (Fsp3) is 0.594. The van der Waals surface area contributed by atoms with Crippen LogP contribution in [0.5, 0.6) is 0 Å². The number of carbonyl (C=O) groups excluding carboxylic acids is 1. The fourth-order valence-electron chi connectivity index (χ4n) is 3.61. The normalized spacial score (nSPS) is 13.7. The molecule has 0 aliphatic carbocycles. The predicted octanol–water partition coefficient (Wildman–Crippen LogP) is 8.09. The Morgan fingerprint density at radius 2 is 1.17 bits per heavy atom. The van der Waals surface area contributed by atoms with Gasteiger partial charge in [0.15, 0.2) is 0 Å². The smallest absolute Gasteiger partial charge is 0.0758 e. The molecule has 0 saturated heterocycles. The second-order valence-corrected chi connectivity index (χ2v) is 9.06. The third kappa shape index (κ3) is 29.8. The van der Waals surface area contributed by atoms with E-state index < -0.39 is 12.1 Å². The number of hydrogen-bond acceptors (Lipinski definition) is 3. The number of unbranched alkanes of at least 4 members (excludes halogenated alkanes) is 10. The average Bonchev–Trinajstić information content (AvgIpc) is 2.84. The molecule has 198 valence electrons. The number of aliphatic hydroxyl groups is 1. The molecule has 35 heavy (non-hydrogen) atoms. The third-order valence-electron chi connectivity index (χ3n) is 5.68. The molecule has 0 heterocycles. The van der Waals surface area contributed by atoms with Gasteiger partial charge in [0.25, 0.3) is 0 Å². The Balaban J connectivity index is 3.44. The van der Waals surface area contributed by atoms with Crippen LogP contribution in [0.15, 0.2) is 72.9 Å². The van der Waals surface area contributed by atoms with Crippen molar-refractivity contribution >= 4 is 5.97 Å². The van der Waals surface area contributed by atoms with Crippen molar-refractivity contribution in [3.63, 3.8) is 0 Å². The van der Waals surface area contributed by atoms with Crippen LogP contribution in [0.4, 0.5) is 0 Å². The van der Waals surface area contributed by atoms with Crippen molar-refractivity contribution in [2.75, 3.05) is 0 Å². The minimum absolute atomic E-state index is 0.213. The summed E-state index contributed by atoms with van der Waals surface area (Å²) in [5.74, 6) is -0.918. The molecule has 0 amide bonds. The van der Waals surface area contributed by atoms with E-state index in [1.54, 1.807) is 0 Å². The van der Waals surface area contributed by atoms with Gasteiger partial charge in [-0.05, 0) is 57.8 Å². The number of carboxylic acids is 1. The van der Waals surface area contributed by atoms with E-state index in [0.717, 1.165) is 44.9 Å². The van der Waals surface area contributed by atoms with E-state index in [1.165, 1.54) is 51.4 Å². The van der Waals surface area contributed by atoms with E-state index in [0.29, 0.717) is 6.42 Å². The van der Waals surface area contributed by atoms with Crippen LogP contribution in [0.3, 0.4) is 0 Å². The van der Waals surface area contributed by atoms with Gasteiger partial charge >= 0.3 is 0 Å². The van der Waals surface area contributed by atoms with Crippen LogP contribution in [0.25, 0.3) is 0 Å². The zero-order chi connectivity index (χ0) is 25.7. The molecule has 3 heteroatoms. The summed E-state index contributed by atoms with van der Waals surface area (Å²) in [6.45, 7) is 2.09. The van der Waals surface area contributed by atoms with Crippen LogP contribution in [0.1, 0.15) is 116 Å². The molecule has 3 nitrogen and oxygen atoms in total. The number of hydrogen-bond donors (Lipinski definition) is 1. The summed E-state index contributed by atoms with van der Waals surface area (Å²) in [6, 6.07) is 0. The van der Waals surface area contributed by atoms with Crippen LogP contribution in [0, 0.1) is 0 Å². The first-order chi connectivity index (χ1) is 17.2. The average molecular weight is 484 g/mol. The molecule has 0 aliphatic heterocycles. The first-order valence-corrected chi connectivity index (χ1v) is 14.0. The van der Waals surface area contributed by atoms with Crippen LogP contribution < -0.4 is 5.11 Å². The van der Waals surface area contributed by atoms with E-state index in [4.69, 9.17) is 0 Å². The third-order valence-corrected chi connectivity index (χ3v) is 5.68. The zero-order valence-electron chi connectivity index (χ0n) is 22.3. The van der Waals surface area contributed by atoms with Gasteiger partial charge in [-0.1, -0.05) is 131 Å². The van der Waals surface area contributed by atoms with Crippen molar-refractivity contribution in [2.45, 2.75) is 122 Å². The molecule has 0 aromatic carbocycles. The van der Waals surface area contributed by atoms with Gasteiger partial charge in [0.2, 0.25) is 0 Å². The van der Waals surface area contributed by atoms with Crippen LogP contribution in [-0.2, 0) is 4.79 Å². The van der Waals surface area contributed by atoms with Crippen LogP contribution >= 0.6 is 0 Å². The standard InChI is InChI=1S/C32H52O3/c1-2-3-25-28-31(33)29-26-23-21-19-17-15-13-11-9-7-5-4-6-8-10-12-14-16-18-20-22-24-27-30-32(34)35/h3-5,9,11,15,17,21,23,25-26,29,31,33H,2,6-8,10,12-14,16,18-20,22,24,27-28,30H2,1H3,(H,34,35)/p-1/b5-4-,11-9-,17-15-,23-21-,25-3-,29-26+. The molecule has 0 saturated carbocycles. The van der Waals surface area contributed by atoms with Gasteiger partial charge in [0.1, 0.15) is 0 Å². The molecule has 0 spiro atoms. The molecule has 0 radical (unpaired) electrons. The van der Waals surface area contributed by atoms with Gasteiger partial charge < -0.3 is 15.0 Å². The highest BCUT2D eigenvalue weighted by molar-refractivity contribution is 5.64. The summed E-state index contributed by atoms with van der Waals surface area (Å²) in [7, 11) is 0. The van der Waals surface area contributed by atoms with E-state index >= 15 is 0 Å². The van der Waals surface area contributed by atoms with Crippen LogP contribution in [-0.4, -0.2) is 17.2 Å². The molecular formula is C32H51O3-. The van der Waals surface area contributed by atoms with Crippen molar-refractivity contribution in [2.24, 2.45) is 0 Å². The maximum Gasteiger partial charge on any atom is 0.0758 e. The van der Waals surface area contributed by atoms with Crippen molar-refractivity contribution < 1.29 is 15.0 Å². The van der Waals surface area contributed by atoms with Gasteiger partial charge in [-0.15, -0.1) is 0 Å². The van der Waals surface area contributed by atoms with Gasteiger partial charge in [0.05, 0.1) is 6.10 Å². The second kappa shape index (κ2) is 28.1. The minimum Gasteiger partial charge on any atom is -0.550 e. The van der Waals surface area contributed by atoms with E-state index in [1.807, 2.05) is 24.3 Å². The highest BCUT2D eigenvalue weighted by atomic mass is 16.4. The number of carboxylic acid groups (broad SMARTS) is 1. The summed E-state index contributed by atoms with van der Waals surface area (Å²) in [5, 5.41) is 20.1. The molecule has 1 N–H and O–H groups in total. The first-order valence-electron chi connectivity index (χ1n) is 14.0. The Kier molecular flexibility index (Phi) is 26.4. The molecular weight excluding hydrogens is 432 g/mol. The summed E-state index contributed by atoms with van der Waals surface area (Å²) >= 11 is 0. The van der Waals surface area contributed by atoms with Crippen molar-refractivity contribution in [3.05, 3.63) is 72.9 Å². The lowest BCUT2D eigenvalue weighted by Gasteiger charge is -2.03. The highest BCUT2D eigenvalue weighted by Gasteiger charge is 1.94. The van der Waals surface area contributed by atoms with Gasteiger partial charge in [-0.25, -0.2) is 0 Å². The van der Waals surface area contributed by atoms with E-state index in [-0.39, 0.29) is 6.42 Å². The Bertz CT molecular complexity index is 637. The number of aliphatic carboxylic acids is 1. The Morgan fingerprint density at radius 1 is 0.657 bits per heavy atom. The monoisotopic (exact) mass is 483 g/mol. The fourth-order valence-corrected chi connectivity index (χ4v) is 3.61. The predicted molar refractivity (Wildman–Crippen MR) is 150 cm³/mol. The molecule has 1 unspecified atom stereocenters. The zero-order valence-corrected chi connectivity index (χ0v) is 22.3. The van der Waals surface area contributed by atoms with Crippen molar-refractivity contribution in [1.29, 1.82) is 0 Å². The molecule has 0 aliphatic rings. The molecule has 0 bridgehead atoms. The largest absolute Gasteiger partial charge is 0.550 e. The molecule has 0 rings (SSSR count). The summed E-state index contributed by atoms with van der Waals surface area (Å²) in [6.07, 6.45) is 42.9. The molecule has 1 atom stereocenters. The maximum atomic E-state index is 10.3. The summed E-state index contributed by atoms with van der Waals surface area (Å²) in [5.41, 5.74) is 0. The number of carbonyl (C=O) groups is 1. The van der Waals surface area contributed by atoms with E-state index in [2.05, 4.69) is 55.5 Å². The van der Waals surface area contributed by atoms with Crippen LogP contribution in [0.2, 0.25) is 0 Å². The second-order valence-electron chi connectivity index (χ2n) is 9.06. The Labute approximate surface area is 216 Å². The van der Waals surface area contributed by atoms with Crippen molar-refractivity contribution in [1.82, 2.24) is 0 Å². The van der Waals surface area contributed by atoms with E-state index in [9.17, 15) is 15.0 Å². The Morgan fingerprint density at radius 3 is 1.74 bits per heavy atom. The Hall–Kier alpha value is -2.13. The van der Waals surface area contributed by atoms with Crippen molar-refractivity contribution in [3.8, 4) is 0 Å². The SMILES string of the molecule is CC/C=C\CC(O)/C=C/C=C\C/C=C\C/C=C\C/C=C\CCCCCCCCCCCCC(=O)[O-]. The lowest BCUT2D eigenvalue weighted by Crippen LogP contribution is -2.21. The topological polar surface area (TPSA) is 60.4 Å². The molecule has 0 fully saturated rings. The van der Waals surface area contributed by atoms with Gasteiger partial charge in [0, 0.05) is 5.97 Å². The minimum atomic E-state index is -0.918. The lowest BCUT2D eigenvalue weighted by atomic mass is 10.1.